The maximum Gasteiger partial charge on any atom is 0.260 e. The van der Waals surface area contributed by atoms with E-state index in [1.54, 1.807) is 17.9 Å². The van der Waals surface area contributed by atoms with Gasteiger partial charge in [0.05, 0.1) is 5.02 Å². The van der Waals surface area contributed by atoms with Gasteiger partial charge in [-0.3, -0.25) is 14.4 Å². The van der Waals surface area contributed by atoms with E-state index < -0.39 is 17.4 Å². The van der Waals surface area contributed by atoms with Gasteiger partial charge in [0.2, 0.25) is 0 Å². The normalized spacial score (nSPS) is 21.9. The molecule has 0 spiro atoms. The highest BCUT2D eigenvalue weighted by atomic mass is 35.5. The average Bonchev–Trinajstić information content (AvgIpc) is 3.53. The fourth-order valence-electron chi connectivity index (χ4n) is 5.26. The number of pyridine rings is 1. The van der Waals surface area contributed by atoms with Crippen LogP contribution >= 0.6 is 23.4 Å². The van der Waals surface area contributed by atoms with Crippen LogP contribution in [0.1, 0.15) is 59.8 Å². The van der Waals surface area contributed by atoms with Gasteiger partial charge in [0.15, 0.2) is 17.2 Å². The number of ether oxygens (including phenoxy) is 2. The minimum absolute atomic E-state index is 0.0558. The largest absolute Gasteiger partial charge is 0.448 e. The molecule has 1 aromatic carbocycles. The maximum atomic E-state index is 14.2. The number of rotatable bonds is 6. The molecule has 1 aliphatic carbocycles. The summed E-state index contributed by atoms with van der Waals surface area (Å²) in [4.78, 5) is 43.2. The van der Waals surface area contributed by atoms with Crippen molar-refractivity contribution in [3.8, 4) is 11.5 Å². The third-order valence-electron chi connectivity index (χ3n) is 7.76. The van der Waals surface area contributed by atoms with Crippen molar-refractivity contribution >= 4 is 35.2 Å². The number of nitrogens with zero attached hydrogens (tertiary/aromatic N) is 1. The second kappa shape index (κ2) is 9.79. The minimum Gasteiger partial charge on any atom is -0.448 e. The highest BCUT2D eigenvalue weighted by Gasteiger charge is 2.54. The molecule has 8 nitrogen and oxygen atoms in total. The van der Waals surface area contributed by atoms with Crippen molar-refractivity contribution in [2.45, 2.75) is 69.4 Å². The molecule has 1 aromatic heterocycles. The van der Waals surface area contributed by atoms with E-state index in [4.69, 9.17) is 21.1 Å². The van der Waals surface area contributed by atoms with Gasteiger partial charge in [-0.1, -0.05) is 11.6 Å². The number of nitrogens with one attached hydrogen (secondary N) is 2. The molecule has 204 valence electrons. The summed E-state index contributed by atoms with van der Waals surface area (Å²) in [7, 11) is 0. The summed E-state index contributed by atoms with van der Waals surface area (Å²) < 4.78 is 26.8. The topological polar surface area (TPSA) is 101 Å². The first-order valence-electron chi connectivity index (χ1n) is 12.7. The quantitative estimate of drug-likeness (QED) is 0.501. The SMILES string of the molecule is CSc1cc(C)[nH]c(=O)c1CNC(=O)c1cc(Cl)c2c(c1C)O[C@@](C)(C1CCN(C(=O)C3(F)CC3)CC1)O2. The van der Waals surface area contributed by atoms with Gasteiger partial charge in [0.25, 0.3) is 23.2 Å². The van der Waals surface area contributed by atoms with Gasteiger partial charge in [-0.15, -0.1) is 11.8 Å². The predicted octanol–water partition coefficient (Wildman–Crippen LogP) is 4.53. The second-order valence-corrected chi connectivity index (χ2v) is 11.7. The van der Waals surface area contributed by atoms with Gasteiger partial charge in [0, 0.05) is 59.8 Å². The van der Waals surface area contributed by atoms with Crippen LogP contribution in [0.15, 0.2) is 21.8 Å². The number of aromatic nitrogens is 1. The van der Waals surface area contributed by atoms with Gasteiger partial charge < -0.3 is 24.7 Å². The molecule has 11 heteroatoms. The fourth-order valence-corrected chi connectivity index (χ4v) is 6.20. The van der Waals surface area contributed by atoms with Crippen molar-refractivity contribution in [3.05, 3.63) is 49.9 Å². The van der Waals surface area contributed by atoms with Crippen LogP contribution in [0, 0.1) is 19.8 Å². The molecule has 2 fully saturated rings. The predicted molar refractivity (Wildman–Crippen MR) is 143 cm³/mol. The number of aryl methyl sites for hydroxylation is 1. The first-order valence-corrected chi connectivity index (χ1v) is 14.3. The van der Waals surface area contributed by atoms with Crippen LogP contribution in [-0.2, 0) is 11.3 Å². The van der Waals surface area contributed by atoms with Crippen LogP contribution in [0.2, 0.25) is 5.02 Å². The van der Waals surface area contributed by atoms with E-state index in [-0.39, 0.29) is 29.0 Å². The number of halogens is 2. The Labute approximate surface area is 229 Å². The summed E-state index contributed by atoms with van der Waals surface area (Å²) in [6.07, 6.45) is 3.68. The van der Waals surface area contributed by atoms with Crippen molar-refractivity contribution in [2.24, 2.45) is 5.92 Å². The monoisotopic (exact) mass is 563 g/mol. The third kappa shape index (κ3) is 4.77. The summed E-state index contributed by atoms with van der Waals surface area (Å²) in [6, 6.07) is 3.42. The van der Waals surface area contributed by atoms with E-state index in [9.17, 15) is 18.8 Å². The van der Waals surface area contributed by atoms with Gasteiger partial charge in [0.1, 0.15) is 0 Å². The number of thioether (sulfide) groups is 1. The number of hydrogen-bond donors (Lipinski definition) is 2. The first kappa shape index (κ1) is 26.9. The molecule has 0 radical (unpaired) electrons. The molecular formula is C27H31ClFN3O5S. The van der Waals surface area contributed by atoms with E-state index in [2.05, 4.69) is 10.3 Å². The lowest BCUT2D eigenvalue weighted by Crippen LogP contribution is -2.51. The van der Waals surface area contributed by atoms with Crippen LogP contribution in [-0.4, -0.2) is 52.5 Å². The summed E-state index contributed by atoms with van der Waals surface area (Å²) >= 11 is 7.99. The maximum absolute atomic E-state index is 14.2. The zero-order valence-corrected chi connectivity index (χ0v) is 23.4. The van der Waals surface area contributed by atoms with Crippen LogP contribution in [0.25, 0.3) is 0 Å². The summed E-state index contributed by atoms with van der Waals surface area (Å²) in [5, 5.41) is 3.08. The molecule has 1 saturated heterocycles. The van der Waals surface area contributed by atoms with Crippen molar-refractivity contribution in [2.75, 3.05) is 19.3 Å². The highest BCUT2D eigenvalue weighted by molar-refractivity contribution is 7.98. The van der Waals surface area contributed by atoms with E-state index in [0.717, 1.165) is 10.6 Å². The standard InChI is InChI=1S/C27H31ClFN3O5S/c1-14-11-20(38-4)18(24(34)31-14)13-30-23(33)17-12-19(28)22-21(15(17)2)36-26(3,37-22)16-5-9-32(10-6-16)25(35)27(29)7-8-27/h11-12,16H,5-10,13H2,1-4H3,(H,30,33)(H,31,34)/t26-/m1/s1. The number of hydrogen-bond acceptors (Lipinski definition) is 6. The summed E-state index contributed by atoms with van der Waals surface area (Å²) in [5.41, 5.74) is 0.237. The molecule has 0 unspecified atom stereocenters. The number of carbonyl (C=O) groups excluding carboxylic acids is 2. The fraction of sp³-hybridized carbons (Fsp3) is 0.519. The average molecular weight is 564 g/mol. The van der Waals surface area contributed by atoms with Crippen LogP contribution in [0.4, 0.5) is 4.39 Å². The number of piperidine rings is 1. The third-order valence-corrected chi connectivity index (χ3v) is 8.85. The number of fused-ring (bicyclic) bond motifs is 1. The van der Waals surface area contributed by atoms with Crippen molar-refractivity contribution in [1.82, 2.24) is 15.2 Å². The highest BCUT2D eigenvalue weighted by Crippen LogP contribution is 2.51. The van der Waals surface area contributed by atoms with E-state index in [0.29, 0.717) is 67.0 Å². The second-order valence-electron chi connectivity index (χ2n) is 10.5. The van der Waals surface area contributed by atoms with Gasteiger partial charge in [-0.2, -0.15) is 0 Å². The lowest BCUT2D eigenvalue weighted by molar-refractivity contribution is -0.148. The Morgan fingerprint density at radius 3 is 2.50 bits per heavy atom. The van der Waals surface area contributed by atoms with Crippen LogP contribution in [0.5, 0.6) is 11.5 Å². The smallest absolute Gasteiger partial charge is 0.260 e. The van der Waals surface area contributed by atoms with Gasteiger partial charge >= 0.3 is 0 Å². The number of aromatic amines is 1. The van der Waals surface area contributed by atoms with E-state index >= 15 is 0 Å². The Kier molecular flexibility index (Phi) is 6.92. The molecule has 0 bridgehead atoms. The molecule has 38 heavy (non-hydrogen) atoms. The zero-order chi connectivity index (χ0) is 27.4. The number of alkyl halides is 1. The van der Waals surface area contributed by atoms with Gasteiger partial charge in [-0.25, -0.2) is 4.39 Å². The minimum atomic E-state index is -1.67. The molecule has 1 saturated carbocycles. The Morgan fingerprint density at radius 2 is 1.87 bits per heavy atom. The molecule has 2 aromatic rings. The lowest BCUT2D eigenvalue weighted by Gasteiger charge is -2.39. The van der Waals surface area contributed by atoms with Crippen LogP contribution in [0.3, 0.4) is 0 Å². The van der Waals surface area contributed by atoms with Crippen molar-refractivity contribution in [1.29, 1.82) is 0 Å². The number of benzene rings is 1. The van der Waals surface area contributed by atoms with Gasteiger partial charge in [-0.05, 0) is 57.9 Å². The molecule has 3 aliphatic rings. The summed E-state index contributed by atoms with van der Waals surface area (Å²) in [6.45, 7) is 6.34. The van der Waals surface area contributed by atoms with E-state index in [1.165, 1.54) is 11.8 Å². The number of likely N-dealkylation sites (tertiary alicyclic amines) is 1. The molecule has 3 heterocycles. The molecule has 5 rings (SSSR count). The molecule has 2 aliphatic heterocycles. The lowest BCUT2D eigenvalue weighted by atomic mass is 9.89. The van der Waals surface area contributed by atoms with Crippen molar-refractivity contribution < 1.29 is 23.5 Å². The summed E-state index contributed by atoms with van der Waals surface area (Å²) in [5.74, 6) is -1.10. The molecule has 1 atom stereocenters. The Bertz CT molecular complexity index is 1370. The molecule has 2 N–H and O–H groups in total. The molecule has 2 amide bonds. The Balaban J connectivity index is 1.29. The number of H-pyrrole nitrogens is 1. The van der Waals surface area contributed by atoms with E-state index in [1.807, 2.05) is 26.2 Å². The zero-order valence-electron chi connectivity index (χ0n) is 21.8. The number of amides is 2. The Morgan fingerprint density at radius 1 is 1.21 bits per heavy atom. The first-order chi connectivity index (χ1) is 18.0. The van der Waals surface area contributed by atoms with Crippen LogP contribution < -0.4 is 20.3 Å². The Hall–Kier alpha value is -2.72. The number of carbonyl (C=O) groups is 2. The van der Waals surface area contributed by atoms with Crippen molar-refractivity contribution in [3.63, 3.8) is 0 Å². The molecular weight excluding hydrogens is 533 g/mol.